The minimum Gasteiger partial charge on any atom is -0.481 e. The van der Waals surface area contributed by atoms with Crippen LogP contribution in [0.25, 0.3) is 0 Å². The third-order valence-corrected chi connectivity index (χ3v) is 6.00. The Bertz CT molecular complexity index is 1070. The molecule has 40 heavy (non-hydrogen) atoms. The normalized spacial score (nSPS) is 12.8. The number of aliphatic carboxylic acids is 2. The second-order valence-corrected chi connectivity index (χ2v) is 15.0. The van der Waals surface area contributed by atoms with Crippen LogP contribution in [0.2, 0.25) is 0 Å². The van der Waals surface area contributed by atoms with Crippen LogP contribution in [-0.4, -0.2) is 91.9 Å². The predicted octanol–water partition coefficient (Wildman–Crippen LogP) is 2.65. The van der Waals surface area contributed by atoms with E-state index in [1.54, 1.807) is 38.1 Å². The van der Waals surface area contributed by atoms with Crippen molar-refractivity contribution in [2.45, 2.75) is 39.0 Å². The molecule has 2 amide bonds. The lowest BCUT2D eigenvalue weighted by atomic mass is 10.0. The first-order valence-corrected chi connectivity index (χ1v) is 17.0. The largest absolute Gasteiger partial charge is 0.481 e. The molecule has 0 aliphatic heterocycles. The Balaban J connectivity index is 0.000000919. The van der Waals surface area contributed by atoms with Crippen LogP contribution in [0.5, 0.6) is 0 Å². The summed E-state index contributed by atoms with van der Waals surface area (Å²) in [7, 11) is -5.26. The average molecular weight is 609 g/mol. The SMILES string of the molecule is CC(C)C(NC(=O)OCc1ccccc1)C(=O)N[C@@H](CC(=O)O)C(=O)O.CP(C)(=O)OCC(=O)COP(C)(C)=O. The van der Waals surface area contributed by atoms with E-state index in [0.29, 0.717) is 0 Å². The van der Waals surface area contributed by atoms with Gasteiger partial charge in [-0.25, -0.2) is 9.59 Å². The van der Waals surface area contributed by atoms with Crippen LogP contribution in [0.1, 0.15) is 25.8 Å². The van der Waals surface area contributed by atoms with Gasteiger partial charge in [-0.15, -0.1) is 0 Å². The van der Waals surface area contributed by atoms with E-state index in [1.165, 1.54) is 26.7 Å². The third kappa shape index (κ3) is 19.1. The van der Waals surface area contributed by atoms with Gasteiger partial charge in [0.2, 0.25) is 5.91 Å². The highest BCUT2D eigenvalue weighted by atomic mass is 31.2. The first-order chi connectivity index (χ1) is 18.3. The maximum atomic E-state index is 12.3. The fourth-order valence-corrected chi connectivity index (χ4v) is 3.47. The summed E-state index contributed by atoms with van der Waals surface area (Å²) in [6.07, 6.45) is -1.61. The Morgan fingerprint density at radius 3 is 1.75 bits per heavy atom. The van der Waals surface area contributed by atoms with Gasteiger partial charge in [-0.2, -0.15) is 0 Å². The van der Waals surface area contributed by atoms with Gasteiger partial charge in [0.1, 0.15) is 31.9 Å². The molecule has 0 radical (unpaired) electrons. The van der Waals surface area contributed by atoms with Crippen LogP contribution in [0, 0.1) is 5.92 Å². The Morgan fingerprint density at radius 1 is 0.850 bits per heavy atom. The number of Topliss-reactive ketones (excluding diaryl/α,β-unsaturated/α-hetero) is 1. The number of ketones is 1. The van der Waals surface area contributed by atoms with Gasteiger partial charge in [0.25, 0.3) is 0 Å². The number of alkyl carbamates (subject to hydrolysis) is 1. The number of rotatable bonds is 15. The zero-order valence-corrected chi connectivity index (χ0v) is 25.1. The van der Waals surface area contributed by atoms with Crippen molar-refractivity contribution in [3.63, 3.8) is 0 Å². The van der Waals surface area contributed by atoms with E-state index in [9.17, 15) is 33.1 Å². The van der Waals surface area contributed by atoms with E-state index >= 15 is 0 Å². The van der Waals surface area contributed by atoms with Gasteiger partial charge in [0.15, 0.2) is 20.5 Å². The predicted molar refractivity (Wildman–Crippen MR) is 146 cm³/mol. The molecule has 2 atom stereocenters. The number of carbonyl (C=O) groups is 5. The lowest BCUT2D eigenvalue weighted by molar-refractivity contribution is -0.147. The summed E-state index contributed by atoms with van der Waals surface area (Å²) in [4.78, 5) is 57.0. The molecule has 1 aromatic rings. The highest BCUT2D eigenvalue weighted by molar-refractivity contribution is 7.57. The number of ether oxygens (including phenoxy) is 1. The Hall–Kier alpha value is -3.05. The molecule has 0 saturated carbocycles. The molecule has 0 aliphatic carbocycles. The molecule has 0 fully saturated rings. The second kappa shape index (κ2) is 17.6. The molecule has 4 N–H and O–H groups in total. The van der Waals surface area contributed by atoms with Gasteiger partial charge in [-0.05, 0) is 11.5 Å². The summed E-state index contributed by atoms with van der Waals surface area (Å²) in [6.45, 7) is 8.47. The summed E-state index contributed by atoms with van der Waals surface area (Å²) < 4.78 is 36.7. The van der Waals surface area contributed by atoms with Crippen LogP contribution in [0.4, 0.5) is 4.79 Å². The molecular weight excluding hydrogens is 570 g/mol. The lowest BCUT2D eigenvalue weighted by Crippen LogP contribution is -2.54. The molecule has 1 rings (SSSR count). The second-order valence-electron chi connectivity index (χ2n) is 9.51. The Morgan fingerprint density at radius 2 is 1.35 bits per heavy atom. The van der Waals surface area contributed by atoms with Gasteiger partial charge in [0, 0.05) is 26.7 Å². The van der Waals surface area contributed by atoms with Gasteiger partial charge >= 0.3 is 18.0 Å². The number of carbonyl (C=O) groups excluding carboxylic acids is 3. The average Bonchev–Trinajstić information content (AvgIpc) is 2.82. The van der Waals surface area contributed by atoms with Crippen molar-refractivity contribution < 1.29 is 57.1 Å². The highest BCUT2D eigenvalue weighted by Gasteiger charge is 2.30. The van der Waals surface area contributed by atoms with Crippen LogP contribution in [0.3, 0.4) is 0 Å². The maximum absolute atomic E-state index is 12.3. The first-order valence-electron chi connectivity index (χ1n) is 11.9. The molecule has 1 unspecified atom stereocenters. The van der Waals surface area contributed by atoms with Crippen molar-refractivity contribution in [1.29, 1.82) is 0 Å². The van der Waals surface area contributed by atoms with Gasteiger partial charge < -0.3 is 34.6 Å². The van der Waals surface area contributed by atoms with Gasteiger partial charge in [0.05, 0.1) is 6.42 Å². The zero-order valence-electron chi connectivity index (χ0n) is 23.3. The summed E-state index contributed by atoms with van der Waals surface area (Å²) in [6, 6.07) is 6.26. The molecule has 0 saturated heterocycles. The van der Waals surface area contributed by atoms with E-state index in [0.717, 1.165) is 5.56 Å². The molecule has 0 spiro atoms. The smallest absolute Gasteiger partial charge is 0.408 e. The Kier molecular flexibility index (Phi) is 16.3. The van der Waals surface area contributed by atoms with Crippen LogP contribution < -0.4 is 10.6 Å². The fraction of sp³-hybridized carbons (Fsp3) is 0.542. The van der Waals surface area contributed by atoms with Crippen LogP contribution >= 0.6 is 14.7 Å². The molecule has 226 valence electrons. The maximum Gasteiger partial charge on any atom is 0.408 e. The van der Waals surface area contributed by atoms with E-state index in [-0.39, 0.29) is 31.5 Å². The van der Waals surface area contributed by atoms with Crippen molar-refractivity contribution in [2.24, 2.45) is 5.92 Å². The number of benzene rings is 1. The van der Waals surface area contributed by atoms with Crippen molar-refractivity contribution in [3.8, 4) is 0 Å². The molecule has 0 aliphatic rings. The molecule has 0 aromatic heterocycles. The van der Waals surface area contributed by atoms with Crippen LogP contribution in [0.15, 0.2) is 30.3 Å². The van der Waals surface area contributed by atoms with E-state index in [1.807, 2.05) is 6.07 Å². The van der Waals surface area contributed by atoms with Gasteiger partial charge in [-0.3, -0.25) is 23.5 Å². The van der Waals surface area contributed by atoms with Crippen molar-refractivity contribution in [2.75, 3.05) is 39.9 Å². The number of amides is 2. The number of carboxylic acids is 2. The topological polar surface area (TPSA) is 212 Å². The molecule has 0 heterocycles. The summed E-state index contributed by atoms with van der Waals surface area (Å²) in [5.74, 6) is -4.38. The highest BCUT2D eigenvalue weighted by Crippen LogP contribution is 2.38. The minimum absolute atomic E-state index is 0.00979. The van der Waals surface area contributed by atoms with E-state index in [2.05, 4.69) is 10.6 Å². The van der Waals surface area contributed by atoms with Crippen molar-refractivity contribution in [1.82, 2.24) is 10.6 Å². The fourth-order valence-electron chi connectivity index (χ4n) is 2.56. The summed E-state index contributed by atoms with van der Waals surface area (Å²) in [5.41, 5.74) is 0.764. The van der Waals surface area contributed by atoms with E-state index in [4.69, 9.17) is 24.0 Å². The van der Waals surface area contributed by atoms with Crippen LogP contribution in [-0.2, 0) is 48.7 Å². The quantitative estimate of drug-likeness (QED) is 0.212. The minimum atomic E-state index is -2.63. The number of hydrogen-bond donors (Lipinski definition) is 4. The summed E-state index contributed by atoms with van der Waals surface area (Å²) in [5, 5.41) is 22.2. The first kappa shape index (κ1) is 37.0. The van der Waals surface area contributed by atoms with Gasteiger partial charge in [-0.1, -0.05) is 44.2 Å². The number of hydrogen-bond acceptors (Lipinski definition) is 10. The third-order valence-electron chi connectivity index (χ3n) is 4.50. The molecule has 0 bridgehead atoms. The number of nitrogens with one attached hydrogen (secondary N) is 2. The standard InChI is InChI=1S/C17H22N2O7.C7H16O5P2/c1-10(2)14(15(22)18-12(16(23)24)8-13(20)21)19-17(25)26-9-11-6-4-3-5-7-11;1-13(2,9)11-5-7(8)6-12-14(3,4)10/h3-7,10,12,14H,8-9H2,1-2H3,(H,18,22)(H,19,25)(H,20,21)(H,23,24);5-6H2,1-4H3/t12-,14?;/m0./s1. The Labute approximate surface area is 233 Å². The monoisotopic (exact) mass is 608 g/mol. The molecule has 14 nitrogen and oxygen atoms in total. The molecule has 16 heteroatoms. The molecular formula is C24H38N2O12P2. The lowest BCUT2D eigenvalue weighted by Gasteiger charge is -2.23. The number of carboxylic acid groups (broad SMARTS) is 2. The summed E-state index contributed by atoms with van der Waals surface area (Å²) >= 11 is 0. The van der Waals surface area contributed by atoms with Crippen molar-refractivity contribution >= 4 is 44.5 Å². The van der Waals surface area contributed by atoms with E-state index < -0.39 is 57.2 Å². The van der Waals surface area contributed by atoms with Crippen molar-refractivity contribution in [3.05, 3.63) is 35.9 Å². The zero-order chi connectivity index (χ0) is 31.1. The molecule has 1 aromatic carbocycles.